The maximum atomic E-state index is 2.60. The van der Waals surface area contributed by atoms with Gasteiger partial charge in [-0.05, 0) is 33.1 Å². The van der Waals surface area contributed by atoms with Crippen LogP contribution in [0.2, 0.25) is 0 Å². The van der Waals surface area contributed by atoms with E-state index in [1.807, 2.05) is 0 Å². The standard InChI is InChI=1S/C12H28N2Si/c1-7-12(4)10-11-15(13(5)6)14(8-2)9-3/h10-12,15H,7-9H2,1-6H3. The van der Waals surface area contributed by atoms with Crippen molar-refractivity contribution in [1.82, 2.24) is 9.13 Å². The second kappa shape index (κ2) is 8.08. The molecule has 0 aliphatic heterocycles. The summed E-state index contributed by atoms with van der Waals surface area (Å²) in [5, 5.41) is 0. The minimum atomic E-state index is -1.01. The van der Waals surface area contributed by atoms with E-state index in [1.54, 1.807) is 0 Å². The van der Waals surface area contributed by atoms with Crippen molar-refractivity contribution in [3.8, 4) is 0 Å². The molecule has 0 aliphatic rings. The second-order valence-corrected chi connectivity index (χ2v) is 7.34. The van der Waals surface area contributed by atoms with Crippen LogP contribution in [0.4, 0.5) is 0 Å². The first-order valence-electron chi connectivity index (χ1n) is 6.15. The molecule has 2 atom stereocenters. The molecule has 90 valence electrons. The van der Waals surface area contributed by atoms with Gasteiger partial charge in [-0.3, -0.25) is 0 Å². The van der Waals surface area contributed by atoms with E-state index in [9.17, 15) is 0 Å². The van der Waals surface area contributed by atoms with Crippen molar-refractivity contribution in [3.63, 3.8) is 0 Å². The highest BCUT2D eigenvalue weighted by molar-refractivity contribution is 6.58. The molecule has 0 rings (SSSR count). The van der Waals surface area contributed by atoms with Gasteiger partial charge in [0.15, 0.2) is 0 Å². The van der Waals surface area contributed by atoms with Crippen LogP contribution in [-0.2, 0) is 0 Å². The third kappa shape index (κ3) is 5.49. The van der Waals surface area contributed by atoms with Crippen LogP contribution in [0.1, 0.15) is 34.1 Å². The molecule has 0 bridgehead atoms. The zero-order chi connectivity index (χ0) is 11.8. The van der Waals surface area contributed by atoms with Gasteiger partial charge < -0.3 is 9.13 Å². The first kappa shape index (κ1) is 14.9. The summed E-state index contributed by atoms with van der Waals surface area (Å²) in [5.41, 5.74) is 2.47. The highest BCUT2D eigenvalue weighted by Gasteiger charge is 2.17. The molecule has 0 saturated carbocycles. The van der Waals surface area contributed by atoms with Crippen molar-refractivity contribution in [3.05, 3.63) is 11.8 Å². The number of hydrogen-bond donors (Lipinski definition) is 0. The van der Waals surface area contributed by atoms with Crippen LogP contribution in [0.3, 0.4) is 0 Å². The molecule has 0 aromatic rings. The van der Waals surface area contributed by atoms with Crippen molar-refractivity contribution in [2.45, 2.75) is 34.1 Å². The van der Waals surface area contributed by atoms with E-state index in [4.69, 9.17) is 0 Å². The topological polar surface area (TPSA) is 6.48 Å². The highest BCUT2D eigenvalue weighted by Crippen LogP contribution is 2.05. The third-order valence-electron chi connectivity index (χ3n) is 2.97. The van der Waals surface area contributed by atoms with E-state index in [2.05, 4.69) is 62.7 Å². The lowest BCUT2D eigenvalue weighted by molar-refractivity contribution is 0.433. The first-order chi connectivity index (χ1) is 7.06. The van der Waals surface area contributed by atoms with Crippen LogP contribution in [0.5, 0.6) is 0 Å². The van der Waals surface area contributed by atoms with Gasteiger partial charge in [-0.15, -0.1) is 0 Å². The number of rotatable bonds is 7. The lowest BCUT2D eigenvalue weighted by Crippen LogP contribution is -2.48. The molecule has 2 unspecified atom stereocenters. The maximum Gasteiger partial charge on any atom is 0.214 e. The van der Waals surface area contributed by atoms with Gasteiger partial charge in [-0.1, -0.05) is 45.9 Å². The summed E-state index contributed by atoms with van der Waals surface area (Å²) < 4.78 is 5.00. The Morgan fingerprint density at radius 3 is 2.00 bits per heavy atom. The SMILES string of the molecule is CCC(C)C=C[SiH](N(C)C)N(CC)CC. The second-order valence-electron chi connectivity index (χ2n) is 4.37. The normalized spacial score (nSPS) is 16.5. The number of hydrogen-bond acceptors (Lipinski definition) is 2. The minimum absolute atomic E-state index is 0.718. The maximum absolute atomic E-state index is 2.60. The molecule has 0 radical (unpaired) electrons. The smallest absolute Gasteiger partial charge is 0.214 e. The highest BCUT2D eigenvalue weighted by atomic mass is 28.3. The Kier molecular flexibility index (Phi) is 8.01. The molecule has 15 heavy (non-hydrogen) atoms. The molecule has 0 amide bonds. The molecule has 3 heteroatoms. The summed E-state index contributed by atoms with van der Waals surface area (Å²) >= 11 is 0. The van der Waals surface area contributed by atoms with Crippen molar-refractivity contribution in [2.24, 2.45) is 5.92 Å². The zero-order valence-corrected chi connectivity index (χ0v) is 12.5. The Balaban J connectivity index is 4.45. The molecule has 0 aliphatic carbocycles. The van der Waals surface area contributed by atoms with Gasteiger partial charge in [0.25, 0.3) is 0 Å². The van der Waals surface area contributed by atoms with Crippen LogP contribution in [0.15, 0.2) is 11.8 Å². The van der Waals surface area contributed by atoms with Gasteiger partial charge in [0.2, 0.25) is 9.12 Å². The van der Waals surface area contributed by atoms with Crippen LogP contribution in [0, 0.1) is 5.92 Å². The molecular formula is C12H28N2Si. The lowest BCUT2D eigenvalue weighted by atomic mass is 10.1. The third-order valence-corrected chi connectivity index (χ3v) is 6.07. The summed E-state index contributed by atoms with van der Waals surface area (Å²) in [6, 6.07) is 0. The molecule has 0 N–H and O–H groups in total. The van der Waals surface area contributed by atoms with Gasteiger partial charge in [-0.2, -0.15) is 0 Å². The van der Waals surface area contributed by atoms with E-state index >= 15 is 0 Å². The monoisotopic (exact) mass is 228 g/mol. The predicted octanol–water partition coefficient (Wildman–Crippen LogP) is 2.25. The molecule has 0 spiro atoms. The quantitative estimate of drug-likeness (QED) is 0.617. The van der Waals surface area contributed by atoms with Crippen LogP contribution < -0.4 is 0 Å². The molecule has 0 aromatic carbocycles. The fourth-order valence-corrected chi connectivity index (χ4v) is 4.21. The predicted molar refractivity (Wildman–Crippen MR) is 72.4 cm³/mol. The van der Waals surface area contributed by atoms with Gasteiger partial charge >= 0.3 is 0 Å². The van der Waals surface area contributed by atoms with E-state index in [-0.39, 0.29) is 0 Å². The Morgan fingerprint density at radius 2 is 1.67 bits per heavy atom. The summed E-state index contributed by atoms with van der Waals surface area (Å²) in [5.74, 6) is 0.718. The van der Waals surface area contributed by atoms with Crippen molar-refractivity contribution < 1.29 is 0 Å². The number of nitrogens with zero attached hydrogens (tertiary/aromatic N) is 2. The van der Waals surface area contributed by atoms with Crippen molar-refractivity contribution in [2.75, 3.05) is 27.2 Å². The Labute approximate surface area is 97.7 Å². The fourth-order valence-electron chi connectivity index (χ4n) is 1.64. The van der Waals surface area contributed by atoms with E-state index in [0.717, 1.165) is 19.0 Å². The molecule has 0 fully saturated rings. The largest absolute Gasteiger partial charge is 0.317 e. The molecule has 2 nitrogen and oxygen atoms in total. The average molecular weight is 228 g/mol. The summed E-state index contributed by atoms with van der Waals surface area (Å²) in [6.07, 6.45) is 3.64. The average Bonchev–Trinajstić information content (AvgIpc) is 2.23. The molecule has 0 aromatic heterocycles. The van der Waals surface area contributed by atoms with Crippen LogP contribution >= 0.6 is 0 Å². The Morgan fingerprint density at radius 1 is 1.13 bits per heavy atom. The van der Waals surface area contributed by atoms with Crippen molar-refractivity contribution in [1.29, 1.82) is 0 Å². The first-order valence-corrected chi connectivity index (χ1v) is 7.85. The molecular weight excluding hydrogens is 200 g/mol. The number of allylic oxidation sites excluding steroid dienone is 1. The van der Waals surface area contributed by atoms with Crippen LogP contribution in [-0.4, -0.2) is 45.4 Å². The fraction of sp³-hybridized carbons (Fsp3) is 0.833. The van der Waals surface area contributed by atoms with Gasteiger partial charge in [0.05, 0.1) is 0 Å². The van der Waals surface area contributed by atoms with Crippen LogP contribution in [0.25, 0.3) is 0 Å². The molecule has 0 saturated heterocycles. The summed E-state index contributed by atoms with van der Waals surface area (Å²) in [6.45, 7) is 11.4. The van der Waals surface area contributed by atoms with E-state index < -0.39 is 9.12 Å². The summed E-state index contributed by atoms with van der Waals surface area (Å²) in [7, 11) is 3.40. The lowest BCUT2D eigenvalue weighted by Gasteiger charge is -2.30. The van der Waals surface area contributed by atoms with Gasteiger partial charge in [0, 0.05) is 0 Å². The Bertz CT molecular complexity index is 176. The Hall–Kier alpha value is -0.123. The minimum Gasteiger partial charge on any atom is -0.317 e. The van der Waals surface area contributed by atoms with E-state index in [0.29, 0.717) is 0 Å². The van der Waals surface area contributed by atoms with Crippen molar-refractivity contribution >= 4 is 9.12 Å². The van der Waals surface area contributed by atoms with Gasteiger partial charge in [-0.25, -0.2) is 0 Å². The van der Waals surface area contributed by atoms with E-state index in [1.165, 1.54) is 6.42 Å². The summed E-state index contributed by atoms with van der Waals surface area (Å²) in [4.78, 5) is 0. The molecule has 0 heterocycles. The van der Waals surface area contributed by atoms with Gasteiger partial charge in [0.1, 0.15) is 0 Å². The zero-order valence-electron chi connectivity index (χ0n) is 11.3.